The number of hydrogen-bond donors (Lipinski definition) is 2. The summed E-state index contributed by atoms with van der Waals surface area (Å²) in [5, 5.41) is 21.7. The van der Waals surface area contributed by atoms with E-state index in [0.717, 1.165) is 66.0 Å². The van der Waals surface area contributed by atoms with Crippen LogP contribution in [0.5, 0.6) is 0 Å². The Labute approximate surface area is 153 Å². The first-order valence-corrected chi connectivity index (χ1v) is 9.30. The number of aromatic amines is 1. The maximum atomic E-state index is 9.92. The largest absolute Gasteiger partial charge is 0.341 e. The van der Waals surface area contributed by atoms with E-state index in [9.17, 15) is 5.26 Å². The molecule has 5 heteroatoms. The third-order valence-electron chi connectivity index (χ3n) is 4.67. The van der Waals surface area contributed by atoms with Crippen molar-refractivity contribution in [3.63, 3.8) is 0 Å². The van der Waals surface area contributed by atoms with Crippen LogP contribution in [0.3, 0.4) is 0 Å². The minimum atomic E-state index is -0.165. The molecule has 4 nitrogen and oxygen atoms in total. The van der Waals surface area contributed by atoms with Crippen molar-refractivity contribution in [2.24, 2.45) is 0 Å². The molecule has 0 amide bonds. The molecule has 25 heavy (non-hydrogen) atoms. The number of allylic oxidation sites excluding steroid dienone is 2. The SMILES string of the molecule is CCCCc1[nH]nc2c1C(c1ccccc1Cl)C(C#N)=C(CCC)N2. The number of halogens is 1. The fourth-order valence-electron chi connectivity index (χ4n) is 3.47. The van der Waals surface area contributed by atoms with E-state index in [-0.39, 0.29) is 5.92 Å². The number of aryl methyl sites for hydroxylation is 1. The summed E-state index contributed by atoms with van der Waals surface area (Å²) in [6.07, 6.45) is 4.90. The van der Waals surface area contributed by atoms with Gasteiger partial charge in [0.2, 0.25) is 0 Å². The minimum Gasteiger partial charge on any atom is -0.341 e. The van der Waals surface area contributed by atoms with Crippen LogP contribution in [0.25, 0.3) is 0 Å². The van der Waals surface area contributed by atoms with E-state index in [4.69, 9.17) is 11.6 Å². The van der Waals surface area contributed by atoms with Crippen molar-refractivity contribution in [2.45, 2.75) is 51.9 Å². The van der Waals surface area contributed by atoms with Crippen LogP contribution in [0.2, 0.25) is 5.02 Å². The van der Waals surface area contributed by atoms with Crippen LogP contribution < -0.4 is 5.32 Å². The second-order valence-corrected chi connectivity index (χ2v) is 6.81. The number of unbranched alkanes of at least 4 members (excludes halogenated alkanes) is 1. The lowest BCUT2D eigenvalue weighted by atomic mass is 9.80. The van der Waals surface area contributed by atoms with Gasteiger partial charge in [-0.1, -0.05) is 56.5 Å². The molecule has 1 aliphatic heterocycles. The van der Waals surface area contributed by atoms with Gasteiger partial charge in [-0.25, -0.2) is 0 Å². The Hall–Kier alpha value is -2.25. The molecular formula is C20H23ClN4. The molecule has 1 aromatic heterocycles. The number of rotatable bonds is 6. The van der Waals surface area contributed by atoms with Crippen molar-refractivity contribution >= 4 is 17.4 Å². The lowest BCUT2D eigenvalue weighted by Crippen LogP contribution is -2.19. The smallest absolute Gasteiger partial charge is 0.156 e. The van der Waals surface area contributed by atoms with Gasteiger partial charge in [-0.2, -0.15) is 10.4 Å². The molecule has 130 valence electrons. The van der Waals surface area contributed by atoms with E-state index in [2.05, 4.69) is 35.4 Å². The van der Waals surface area contributed by atoms with Gasteiger partial charge in [0, 0.05) is 22.0 Å². The molecule has 1 aromatic carbocycles. The second-order valence-electron chi connectivity index (χ2n) is 6.40. The van der Waals surface area contributed by atoms with Gasteiger partial charge in [0.15, 0.2) is 5.82 Å². The van der Waals surface area contributed by atoms with Crippen LogP contribution in [0.4, 0.5) is 5.82 Å². The van der Waals surface area contributed by atoms with Crippen molar-refractivity contribution < 1.29 is 0 Å². The van der Waals surface area contributed by atoms with Gasteiger partial charge in [-0.05, 0) is 30.9 Å². The van der Waals surface area contributed by atoms with Gasteiger partial charge in [0.25, 0.3) is 0 Å². The van der Waals surface area contributed by atoms with Gasteiger partial charge in [0.1, 0.15) is 0 Å². The first-order chi connectivity index (χ1) is 12.2. The van der Waals surface area contributed by atoms with Gasteiger partial charge in [0.05, 0.1) is 17.6 Å². The predicted molar refractivity (Wildman–Crippen MR) is 102 cm³/mol. The number of hydrogen-bond acceptors (Lipinski definition) is 3. The highest BCUT2D eigenvalue weighted by Gasteiger charge is 2.34. The third kappa shape index (κ3) is 3.29. The molecule has 1 atom stereocenters. The number of nitrogens with one attached hydrogen (secondary N) is 2. The van der Waals surface area contributed by atoms with Crippen molar-refractivity contribution in [3.8, 4) is 6.07 Å². The molecular weight excluding hydrogens is 332 g/mol. The monoisotopic (exact) mass is 354 g/mol. The summed E-state index contributed by atoms with van der Waals surface area (Å²) in [5.41, 5.74) is 4.84. The van der Waals surface area contributed by atoms with E-state index in [1.807, 2.05) is 24.3 Å². The quantitative estimate of drug-likeness (QED) is 0.715. The number of nitriles is 1. The van der Waals surface area contributed by atoms with Crippen LogP contribution >= 0.6 is 11.6 Å². The topological polar surface area (TPSA) is 64.5 Å². The Morgan fingerprint density at radius 3 is 2.68 bits per heavy atom. The molecule has 2 heterocycles. The van der Waals surface area contributed by atoms with Gasteiger partial charge in [-0.15, -0.1) is 0 Å². The summed E-state index contributed by atoms with van der Waals surface area (Å²) in [6.45, 7) is 4.29. The number of anilines is 1. The molecule has 0 saturated carbocycles. The maximum absolute atomic E-state index is 9.92. The summed E-state index contributed by atoms with van der Waals surface area (Å²) in [4.78, 5) is 0. The average Bonchev–Trinajstić information content (AvgIpc) is 3.02. The molecule has 2 N–H and O–H groups in total. The first kappa shape index (κ1) is 17.6. The highest BCUT2D eigenvalue weighted by Crippen LogP contribution is 2.45. The molecule has 0 bridgehead atoms. The zero-order chi connectivity index (χ0) is 17.8. The normalized spacial score (nSPS) is 16.3. The molecule has 0 saturated heterocycles. The van der Waals surface area contributed by atoms with Crippen LogP contribution in [0, 0.1) is 11.3 Å². The number of aromatic nitrogens is 2. The average molecular weight is 355 g/mol. The van der Waals surface area contributed by atoms with Crippen LogP contribution in [-0.4, -0.2) is 10.2 Å². The van der Waals surface area contributed by atoms with E-state index >= 15 is 0 Å². The maximum Gasteiger partial charge on any atom is 0.156 e. The van der Waals surface area contributed by atoms with E-state index in [0.29, 0.717) is 5.02 Å². The number of H-pyrrole nitrogens is 1. The molecule has 3 rings (SSSR count). The predicted octanol–water partition coefficient (Wildman–Crippen LogP) is 5.54. The first-order valence-electron chi connectivity index (χ1n) is 8.92. The summed E-state index contributed by atoms with van der Waals surface area (Å²) in [7, 11) is 0. The van der Waals surface area contributed by atoms with Crippen LogP contribution in [0.1, 0.15) is 62.3 Å². The van der Waals surface area contributed by atoms with Crippen molar-refractivity contribution in [3.05, 3.63) is 57.4 Å². The van der Waals surface area contributed by atoms with Gasteiger partial charge < -0.3 is 5.32 Å². The Morgan fingerprint density at radius 1 is 1.20 bits per heavy atom. The molecule has 1 aliphatic rings. The highest BCUT2D eigenvalue weighted by atomic mass is 35.5. The Bertz CT molecular complexity index is 828. The minimum absolute atomic E-state index is 0.165. The van der Waals surface area contributed by atoms with E-state index in [1.165, 1.54) is 0 Å². The fraction of sp³-hybridized carbons (Fsp3) is 0.400. The molecule has 0 aliphatic carbocycles. The Morgan fingerprint density at radius 2 is 2.00 bits per heavy atom. The molecule has 2 aromatic rings. The van der Waals surface area contributed by atoms with Crippen LogP contribution in [-0.2, 0) is 6.42 Å². The highest BCUT2D eigenvalue weighted by molar-refractivity contribution is 6.31. The number of nitrogens with zero attached hydrogens (tertiary/aromatic N) is 2. The van der Waals surface area contributed by atoms with Crippen molar-refractivity contribution in [2.75, 3.05) is 5.32 Å². The number of benzene rings is 1. The summed E-state index contributed by atoms with van der Waals surface area (Å²) in [5.74, 6) is 0.667. The second kappa shape index (κ2) is 7.76. The lowest BCUT2D eigenvalue weighted by Gasteiger charge is -2.27. The molecule has 0 fully saturated rings. The Balaban J connectivity index is 2.18. The number of fused-ring (bicyclic) bond motifs is 1. The molecule has 0 spiro atoms. The summed E-state index contributed by atoms with van der Waals surface area (Å²) < 4.78 is 0. The van der Waals surface area contributed by atoms with Gasteiger partial charge in [-0.3, -0.25) is 5.10 Å². The standard InChI is InChI=1S/C20H23ClN4/c1-3-5-11-17-19-18(13-9-6-7-10-15(13)21)14(12-22)16(8-4-2)23-20(19)25-24-17/h6-7,9-10,18H,3-5,8,11H2,1-2H3,(H2,23,24,25). The van der Waals surface area contributed by atoms with Gasteiger partial charge >= 0.3 is 0 Å². The Kier molecular flexibility index (Phi) is 5.45. The molecule has 0 radical (unpaired) electrons. The summed E-state index contributed by atoms with van der Waals surface area (Å²) in [6, 6.07) is 10.2. The van der Waals surface area contributed by atoms with E-state index in [1.54, 1.807) is 0 Å². The fourth-order valence-corrected chi connectivity index (χ4v) is 3.71. The zero-order valence-corrected chi connectivity index (χ0v) is 15.5. The van der Waals surface area contributed by atoms with Crippen molar-refractivity contribution in [1.29, 1.82) is 5.26 Å². The van der Waals surface area contributed by atoms with Crippen molar-refractivity contribution in [1.82, 2.24) is 10.2 Å². The third-order valence-corrected chi connectivity index (χ3v) is 5.02. The van der Waals surface area contributed by atoms with Crippen LogP contribution in [0.15, 0.2) is 35.5 Å². The zero-order valence-electron chi connectivity index (χ0n) is 14.7. The molecule has 1 unspecified atom stereocenters. The van der Waals surface area contributed by atoms with E-state index < -0.39 is 0 Å². The lowest BCUT2D eigenvalue weighted by molar-refractivity contribution is 0.759. The summed E-state index contributed by atoms with van der Waals surface area (Å²) >= 11 is 6.51.